The molecule has 0 aliphatic carbocycles. The highest BCUT2D eigenvalue weighted by atomic mass is 19.1. The van der Waals surface area contributed by atoms with E-state index in [4.69, 9.17) is 5.21 Å². The predicted molar refractivity (Wildman–Crippen MR) is 96.0 cm³/mol. The van der Waals surface area contributed by atoms with Gasteiger partial charge in [0.15, 0.2) is 5.78 Å². The number of hydrogen-bond acceptors (Lipinski definition) is 6. The molecule has 0 bridgehead atoms. The van der Waals surface area contributed by atoms with Gasteiger partial charge in [-0.2, -0.15) is 0 Å². The van der Waals surface area contributed by atoms with Crippen LogP contribution in [0, 0.1) is 11.7 Å². The molecule has 1 aromatic heterocycles. The van der Waals surface area contributed by atoms with E-state index in [9.17, 15) is 14.3 Å². The molecular weight excluding hydrogens is 351 g/mol. The Kier molecular flexibility index (Phi) is 5.85. The van der Waals surface area contributed by atoms with E-state index in [1.807, 2.05) is 0 Å². The van der Waals surface area contributed by atoms with Crippen molar-refractivity contribution in [2.24, 2.45) is 10.9 Å². The highest BCUT2D eigenvalue weighted by Gasteiger charge is 2.29. The number of aromatic nitrogens is 2. The third-order valence-electron chi connectivity index (χ3n) is 4.97. The van der Waals surface area contributed by atoms with Gasteiger partial charge >= 0.3 is 0 Å². The molecule has 0 radical (unpaired) electrons. The van der Waals surface area contributed by atoms with Gasteiger partial charge in [0, 0.05) is 18.0 Å². The lowest BCUT2D eigenvalue weighted by Crippen LogP contribution is -2.43. The number of nitrogens with zero attached hydrogens (tertiary/aromatic N) is 4. The number of piperidine rings is 1. The van der Waals surface area contributed by atoms with Crippen molar-refractivity contribution in [3.63, 3.8) is 0 Å². The number of hydrogen-bond donors (Lipinski definition) is 2. The molecule has 2 aromatic rings. The van der Waals surface area contributed by atoms with E-state index in [0.29, 0.717) is 24.7 Å². The quantitative estimate of drug-likeness (QED) is 0.616. The Morgan fingerprint density at radius 3 is 2.74 bits per heavy atom. The monoisotopic (exact) mass is 374 g/mol. The minimum Gasteiger partial charge on any atom is -0.507 e. The van der Waals surface area contributed by atoms with Crippen molar-refractivity contribution in [3.8, 4) is 5.75 Å². The molecule has 0 amide bonds. The fraction of sp³-hybridized carbons (Fsp3) is 0.421. The van der Waals surface area contributed by atoms with Gasteiger partial charge in [-0.3, -0.25) is 14.7 Å². The minimum absolute atomic E-state index is 0.128. The molecule has 1 fully saturated rings. The third-order valence-corrected chi connectivity index (χ3v) is 4.97. The smallest absolute Gasteiger partial charge is 0.169 e. The molecule has 3 rings (SSSR count). The Bertz CT molecular complexity index is 855. The zero-order valence-corrected chi connectivity index (χ0v) is 15.1. The summed E-state index contributed by atoms with van der Waals surface area (Å²) in [5.74, 6) is -1.15. The average Bonchev–Trinajstić information content (AvgIpc) is 2.67. The molecule has 2 heterocycles. The normalized spacial score (nSPS) is 17.8. The minimum atomic E-state index is -0.557. The molecule has 0 saturated carbocycles. The standard InChI is InChI=1S/C19H23FN4O3/c1-13(11-21-16-6-9-24(27)22-12-16)23-7-4-14(5-8-23)19(26)17-3-2-15(20)10-18(17)25/h2-3,6,9-10,12-14,25,27H,4-5,7-8,11H2,1H3. The van der Waals surface area contributed by atoms with Gasteiger partial charge in [-0.05, 0) is 51.1 Å². The third kappa shape index (κ3) is 4.71. The summed E-state index contributed by atoms with van der Waals surface area (Å²) < 4.78 is 13.1. The van der Waals surface area contributed by atoms with Crippen LogP contribution in [0.15, 0.2) is 41.7 Å². The van der Waals surface area contributed by atoms with Crippen LogP contribution in [-0.4, -0.2) is 56.6 Å². The van der Waals surface area contributed by atoms with E-state index in [1.165, 1.54) is 24.5 Å². The van der Waals surface area contributed by atoms with Gasteiger partial charge in [0.05, 0.1) is 29.9 Å². The second-order valence-electron chi connectivity index (χ2n) is 6.83. The number of phenols is 1. The van der Waals surface area contributed by atoms with E-state index in [2.05, 4.69) is 21.9 Å². The topological polar surface area (TPSA) is 91.0 Å². The summed E-state index contributed by atoms with van der Waals surface area (Å²) in [5.41, 5.74) is 0.190. The van der Waals surface area contributed by atoms with Crippen molar-refractivity contribution in [1.29, 1.82) is 0 Å². The summed E-state index contributed by atoms with van der Waals surface area (Å²) >= 11 is 0. The number of halogens is 1. The summed E-state index contributed by atoms with van der Waals surface area (Å²) in [6.07, 6.45) is 4.30. The number of phenolic OH excluding ortho intramolecular Hbond substituents is 1. The Morgan fingerprint density at radius 2 is 2.11 bits per heavy atom. The number of rotatable bonds is 5. The molecule has 8 heteroatoms. The van der Waals surface area contributed by atoms with Crippen molar-refractivity contribution in [2.75, 3.05) is 19.6 Å². The lowest BCUT2D eigenvalue weighted by atomic mass is 9.88. The second kappa shape index (κ2) is 8.30. The summed E-state index contributed by atoms with van der Waals surface area (Å²) in [4.78, 5) is 20.1. The van der Waals surface area contributed by atoms with E-state index >= 15 is 0 Å². The van der Waals surface area contributed by atoms with E-state index in [1.54, 1.807) is 6.07 Å². The van der Waals surface area contributed by atoms with Crippen LogP contribution < -0.4 is 5.36 Å². The highest BCUT2D eigenvalue weighted by molar-refractivity contribution is 6.00. The predicted octanol–water partition coefficient (Wildman–Crippen LogP) is 1.85. The number of Topliss-reactive ketones (excluding diaryl/α,β-unsaturated/α-hetero) is 1. The van der Waals surface area contributed by atoms with Crippen molar-refractivity contribution in [2.45, 2.75) is 25.8 Å². The first-order valence-corrected chi connectivity index (χ1v) is 8.95. The van der Waals surface area contributed by atoms with Gasteiger partial charge in [-0.1, -0.05) is 0 Å². The molecule has 2 N–H and O–H groups in total. The Balaban J connectivity index is 1.55. The van der Waals surface area contributed by atoms with Crippen LogP contribution in [0.1, 0.15) is 30.1 Å². The van der Waals surface area contributed by atoms with E-state index in [0.717, 1.165) is 24.0 Å². The van der Waals surface area contributed by atoms with Crippen LogP contribution in [0.2, 0.25) is 0 Å². The van der Waals surface area contributed by atoms with Gasteiger partial charge in [0.1, 0.15) is 11.6 Å². The van der Waals surface area contributed by atoms with Gasteiger partial charge < -0.3 is 10.3 Å². The first kappa shape index (κ1) is 19.0. The molecule has 1 saturated heterocycles. The first-order chi connectivity index (χ1) is 12.9. The molecule has 1 aromatic carbocycles. The lowest BCUT2D eigenvalue weighted by Gasteiger charge is -2.35. The molecule has 1 aliphatic rings. The molecule has 0 spiro atoms. The Labute approximate surface area is 156 Å². The number of carbonyl (C=O) groups is 1. The van der Waals surface area contributed by atoms with Crippen LogP contribution in [0.25, 0.3) is 0 Å². The Hall–Kier alpha value is -2.74. The average molecular weight is 374 g/mol. The zero-order chi connectivity index (χ0) is 19.4. The maximum atomic E-state index is 13.1. The van der Waals surface area contributed by atoms with Crippen molar-refractivity contribution < 1.29 is 19.5 Å². The Morgan fingerprint density at radius 1 is 1.37 bits per heavy atom. The maximum absolute atomic E-state index is 13.1. The highest BCUT2D eigenvalue weighted by Crippen LogP contribution is 2.27. The number of aromatic hydroxyl groups is 1. The van der Waals surface area contributed by atoms with Crippen LogP contribution in [-0.2, 0) is 0 Å². The number of ketones is 1. The van der Waals surface area contributed by atoms with Crippen molar-refractivity contribution in [1.82, 2.24) is 14.8 Å². The number of likely N-dealkylation sites (tertiary alicyclic amines) is 1. The largest absolute Gasteiger partial charge is 0.507 e. The summed E-state index contributed by atoms with van der Waals surface area (Å²) in [5, 5.41) is 23.4. The zero-order valence-electron chi connectivity index (χ0n) is 15.1. The summed E-state index contributed by atoms with van der Waals surface area (Å²) in [6.45, 7) is 4.20. The number of benzene rings is 1. The molecule has 1 atom stereocenters. The first-order valence-electron chi connectivity index (χ1n) is 8.95. The molecule has 1 unspecified atom stereocenters. The SMILES string of the molecule is CC(CN=c1ccn(O)nc1)N1CCC(C(=O)c2ccc(F)cc2O)CC1. The van der Waals surface area contributed by atoms with Gasteiger partial charge in [-0.15, -0.1) is 9.94 Å². The molecule has 27 heavy (non-hydrogen) atoms. The molecule has 7 nitrogen and oxygen atoms in total. The fourth-order valence-electron chi connectivity index (χ4n) is 3.32. The van der Waals surface area contributed by atoms with Gasteiger partial charge in [0.25, 0.3) is 0 Å². The molecular formula is C19H23FN4O3. The summed E-state index contributed by atoms with van der Waals surface area (Å²) in [6, 6.07) is 5.41. The van der Waals surface area contributed by atoms with Gasteiger partial charge in [-0.25, -0.2) is 4.39 Å². The van der Waals surface area contributed by atoms with Gasteiger partial charge in [0.2, 0.25) is 0 Å². The second-order valence-corrected chi connectivity index (χ2v) is 6.83. The maximum Gasteiger partial charge on any atom is 0.169 e. The number of carbonyl (C=O) groups excluding carboxylic acids is 1. The van der Waals surface area contributed by atoms with E-state index < -0.39 is 5.82 Å². The summed E-state index contributed by atoms with van der Waals surface area (Å²) in [7, 11) is 0. The van der Waals surface area contributed by atoms with Crippen molar-refractivity contribution in [3.05, 3.63) is 53.4 Å². The van der Waals surface area contributed by atoms with Crippen molar-refractivity contribution >= 4 is 5.78 Å². The molecule has 144 valence electrons. The van der Waals surface area contributed by atoms with Crippen LogP contribution in [0.3, 0.4) is 0 Å². The lowest BCUT2D eigenvalue weighted by molar-refractivity contribution is 0.0803. The van der Waals surface area contributed by atoms with Crippen LogP contribution >= 0.6 is 0 Å². The van der Waals surface area contributed by atoms with Crippen LogP contribution in [0.4, 0.5) is 4.39 Å². The van der Waals surface area contributed by atoms with E-state index in [-0.39, 0.29) is 29.1 Å². The van der Waals surface area contributed by atoms with Crippen LogP contribution in [0.5, 0.6) is 5.75 Å². The fourth-order valence-corrected chi connectivity index (χ4v) is 3.32. The molecule has 1 aliphatic heterocycles.